The zero-order chi connectivity index (χ0) is 18.7. The quantitative estimate of drug-likeness (QED) is 0.756. The number of rotatable bonds is 2. The third-order valence-electron chi connectivity index (χ3n) is 4.08. The SMILES string of the molecule is Cc1ccc(C(=O)N2CCN(C(=O)C(=O)Nc3cccc(Br)c3)CC2)o1. The summed E-state index contributed by atoms with van der Waals surface area (Å²) in [4.78, 5) is 39.9. The molecule has 1 saturated heterocycles. The van der Waals surface area contributed by atoms with Gasteiger partial charge < -0.3 is 19.5 Å². The van der Waals surface area contributed by atoms with Crippen molar-refractivity contribution >= 4 is 39.3 Å². The molecular weight excluding hydrogens is 402 g/mol. The molecule has 3 rings (SSSR count). The van der Waals surface area contributed by atoms with Crippen LogP contribution in [0.15, 0.2) is 45.3 Å². The molecule has 0 bridgehead atoms. The number of piperazine rings is 1. The smallest absolute Gasteiger partial charge is 0.313 e. The Morgan fingerprint density at radius 1 is 1.04 bits per heavy atom. The second-order valence-corrected chi connectivity index (χ2v) is 6.87. The van der Waals surface area contributed by atoms with Gasteiger partial charge in [0, 0.05) is 36.3 Å². The molecule has 0 spiro atoms. The number of anilines is 1. The Morgan fingerprint density at radius 3 is 2.35 bits per heavy atom. The van der Waals surface area contributed by atoms with E-state index in [1.54, 1.807) is 42.2 Å². The van der Waals surface area contributed by atoms with Gasteiger partial charge in [0.15, 0.2) is 5.76 Å². The molecule has 136 valence electrons. The molecule has 1 aliphatic heterocycles. The molecule has 1 aliphatic rings. The van der Waals surface area contributed by atoms with Gasteiger partial charge in [0.05, 0.1) is 0 Å². The van der Waals surface area contributed by atoms with Crippen molar-refractivity contribution in [3.63, 3.8) is 0 Å². The maximum absolute atomic E-state index is 12.3. The lowest BCUT2D eigenvalue weighted by atomic mass is 10.2. The number of benzene rings is 1. The lowest BCUT2D eigenvalue weighted by Gasteiger charge is -2.33. The molecule has 8 heteroatoms. The van der Waals surface area contributed by atoms with Crippen molar-refractivity contribution in [2.24, 2.45) is 0 Å². The summed E-state index contributed by atoms with van der Waals surface area (Å²) < 4.78 is 6.16. The van der Waals surface area contributed by atoms with Crippen LogP contribution in [-0.4, -0.2) is 53.7 Å². The summed E-state index contributed by atoms with van der Waals surface area (Å²) in [6.07, 6.45) is 0. The van der Waals surface area contributed by atoms with Crippen molar-refractivity contribution in [1.29, 1.82) is 0 Å². The van der Waals surface area contributed by atoms with Gasteiger partial charge in [-0.1, -0.05) is 22.0 Å². The first-order chi connectivity index (χ1) is 12.4. The maximum Gasteiger partial charge on any atom is 0.313 e. The third-order valence-corrected chi connectivity index (χ3v) is 4.58. The largest absolute Gasteiger partial charge is 0.456 e. The van der Waals surface area contributed by atoms with Crippen LogP contribution < -0.4 is 5.32 Å². The van der Waals surface area contributed by atoms with Gasteiger partial charge in [-0.3, -0.25) is 14.4 Å². The first kappa shape index (κ1) is 18.2. The van der Waals surface area contributed by atoms with Crippen LogP contribution >= 0.6 is 15.9 Å². The number of halogens is 1. The van der Waals surface area contributed by atoms with Crippen molar-refractivity contribution in [2.75, 3.05) is 31.5 Å². The minimum Gasteiger partial charge on any atom is -0.456 e. The predicted molar refractivity (Wildman–Crippen MR) is 98.7 cm³/mol. The van der Waals surface area contributed by atoms with Crippen molar-refractivity contribution in [2.45, 2.75) is 6.92 Å². The van der Waals surface area contributed by atoms with E-state index in [2.05, 4.69) is 21.2 Å². The van der Waals surface area contributed by atoms with Crippen LogP contribution in [0.1, 0.15) is 16.3 Å². The summed E-state index contributed by atoms with van der Waals surface area (Å²) in [5, 5.41) is 2.59. The van der Waals surface area contributed by atoms with Gasteiger partial charge in [-0.05, 0) is 37.3 Å². The lowest BCUT2D eigenvalue weighted by Crippen LogP contribution is -2.52. The summed E-state index contributed by atoms with van der Waals surface area (Å²) in [5.41, 5.74) is 0.541. The Bertz CT molecular complexity index is 840. The van der Waals surface area contributed by atoms with E-state index in [0.717, 1.165) is 4.47 Å². The third kappa shape index (κ3) is 4.13. The molecule has 0 unspecified atom stereocenters. The summed E-state index contributed by atoms with van der Waals surface area (Å²) in [5.74, 6) is -0.541. The van der Waals surface area contributed by atoms with Crippen LogP contribution in [0.2, 0.25) is 0 Å². The molecule has 0 saturated carbocycles. The van der Waals surface area contributed by atoms with Gasteiger partial charge in [-0.15, -0.1) is 0 Å². The van der Waals surface area contributed by atoms with E-state index in [0.29, 0.717) is 37.6 Å². The molecule has 0 aliphatic carbocycles. The van der Waals surface area contributed by atoms with E-state index in [1.165, 1.54) is 4.90 Å². The summed E-state index contributed by atoms with van der Waals surface area (Å²) in [7, 11) is 0. The van der Waals surface area contributed by atoms with E-state index in [1.807, 2.05) is 6.07 Å². The number of amides is 3. The van der Waals surface area contributed by atoms with Crippen molar-refractivity contribution < 1.29 is 18.8 Å². The highest BCUT2D eigenvalue weighted by Crippen LogP contribution is 2.16. The fourth-order valence-corrected chi connectivity index (χ4v) is 3.11. The Labute approximate surface area is 159 Å². The highest BCUT2D eigenvalue weighted by molar-refractivity contribution is 9.10. The highest BCUT2D eigenvalue weighted by Gasteiger charge is 2.29. The van der Waals surface area contributed by atoms with E-state index >= 15 is 0 Å². The molecular formula is C18H18BrN3O4. The van der Waals surface area contributed by atoms with Crippen LogP contribution in [0.5, 0.6) is 0 Å². The van der Waals surface area contributed by atoms with Crippen LogP contribution in [0, 0.1) is 6.92 Å². The number of aryl methyl sites for hydroxylation is 1. The Balaban J connectivity index is 1.54. The number of carbonyl (C=O) groups excluding carboxylic acids is 3. The number of hydrogen-bond acceptors (Lipinski definition) is 4. The second-order valence-electron chi connectivity index (χ2n) is 5.96. The van der Waals surface area contributed by atoms with E-state index in [9.17, 15) is 14.4 Å². The molecule has 7 nitrogen and oxygen atoms in total. The average Bonchev–Trinajstić information content (AvgIpc) is 3.07. The standard InChI is InChI=1S/C18H18BrN3O4/c1-12-5-6-15(26-12)17(24)21-7-9-22(10-8-21)18(25)16(23)20-14-4-2-3-13(19)11-14/h2-6,11H,7-10H2,1H3,(H,20,23). The molecule has 2 heterocycles. The van der Waals surface area contributed by atoms with E-state index < -0.39 is 11.8 Å². The summed E-state index contributed by atoms with van der Waals surface area (Å²) in [6.45, 7) is 3.09. The summed E-state index contributed by atoms with van der Waals surface area (Å²) in [6, 6.07) is 10.4. The Hall–Kier alpha value is -2.61. The molecule has 1 fully saturated rings. The van der Waals surface area contributed by atoms with Crippen molar-refractivity contribution in [1.82, 2.24) is 9.80 Å². The van der Waals surface area contributed by atoms with Crippen LogP contribution in [-0.2, 0) is 9.59 Å². The van der Waals surface area contributed by atoms with Crippen molar-refractivity contribution in [3.05, 3.63) is 52.4 Å². The molecule has 1 aromatic heterocycles. The van der Waals surface area contributed by atoms with E-state index in [4.69, 9.17) is 4.42 Å². The van der Waals surface area contributed by atoms with Crippen LogP contribution in [0.25, 0.3) is 0 Å². The zero-order valence-electron chi connectivity index (χ0n) is 14.2. The fourth-order valence-electron chi connectivity index (χ4n) is 2.71. The average molecular weight is 420 g/mol. The topological polar surface area (TPSA) is 82.9 Å². The molecule has 1 N–H and O–H groups in total. The van der Waals surface area contributed by atoms with Gasteiger partial charge in [0.1, 0.15) is 5.76 Å². The monoisotopic (exact) mass is 419 g/mol. The van der Waals surface area contributed by atoms with Gasteiger partial charge in [0.2, 0.25) is 0 Å². The second kappa shape index (κ2) is 7.74. The Morgan fingerprint density at radius 2 is 1.73 bits per heavy atom. The van der Waals surface area contributed by atoms with E-state index in [-0.39, 0.29) is 11.7 Å². The number of furan rings is 1. The number of carbonyl (C=O) groups is 3. The normalized spacial score (nSPS) is 14.2. The predicted octanol–water partition coefficient (Wildman–Crippen LogP) is 2.27. The number of hydrogen-bond donors (Lipinski definition) is 1. The van der Waals surface area contributed by atoms with Gasteiger partial charge in [0.25, 0.3) is 5.91 Å². The number of nitrogens with zero attached hydrogens (tertiary/aromatic N) is 2. The van der Waals surface area contributed by atoms with Crippen molar-refractivity contribution in [3.8, 4) is 0 Å². The highest BCUT2D eigenvalue weighted by atomic mass is 79.9. The van der Waals surface area contributed by atoms with Gasteiger partial charge >= 0.3 is 11.8 Å². The molecule has 3 amide bonds. The molecule has 26 heavy (non-hydrogen) atoms. The zero-order valence-corrected chi connectivity index (χ0v) is 15.8. The molecule has 0 atom stereocenters. The van der Waals surface area contributed by atoms with Crippen LogP contribution in [0.3, 0.4) is 0 Å². The Kier molecular flexibility index (Phi) is 5.41. The maximum atomic E-state index is 12.3. The fraction of sp³-hybridized carbons (Fsp3) is 0.278. The molecule has 2 aromatic rings. The number of nitrogens with one attached hydrogen (secondary N) is 1. The molecule has 0 radical (unpaired) electrons. The first-order valence-electron chi connectivity index (χ1n) is 8.15. The molecule has 1 aromatic carbocycles. The minimum atomic E-state index is -0.690. The lowest BCUT2D eigenvalue weighted by molar-refractivity contribution is -0.144. The van der Waals surface area contributed by atoms with Gasteiger partial charge in [-0.2, -0.15) is 0 Å². The van der Waals surface area contributed by atoms with Gasteiger partial charge in [-0.25, -0.2) is 0 Å². The summed E-state index contributed by atoms with van der Waals surface area (Å²) >= 11 is 3.31. The minimum absolute atomic E-state index is 0.205. The van der Waals surface area contributed by atoms with Crippen LogP contribution in [0.4, 0.5) is 5.69 Å². The first-order valence-corrected chi connectivity index (χ1v) is 8.95.